The van der Waals surface area contributed by atoms with Crippen molar-refractivity contribution in [3.8, 4) is 0 Å². The molecule has 66 valence electrons. The molecule has 1 heterocycles. The average Bonchev–Trinajstić information content (AvgIpc) is 1.94. The largest absolute Gasteiger partial charge is 0.385 e. The Morgan fingerprint density at radius 2 is 2.18 bits per heavy atom. The molecule has 0 aromatic heterocycles. The first-order valence-corrected chi connectivity index (χ1v) is 4.41. The highest BCUT2D eigenvalue weighted by Gasteiger charge is 2.27. The summed E-state index contributed by atoms with van der Waals surface area (Å²) in [6, 6.07) is 0. The van der Waals surface area contributed by atoms with E-state index in [0.717, 1.165) is 18.4 Å². The minimum Gasteiger partial charge on any atom is -0.385 e. The van der Waals surface area contributed by atoms with Crippen LogP contribution in [0.1, 0.15) is 13.3 Å². The van der Waals surface area contributed by atoms with Crippen molar-refractivity contribution in [1.29, 1.82) is 0 Å². The standard InChI is InChI=1S/C9H19NO/c1-8(4-5-11-3)9-6-10(2)7-9/h8-9H,4-7H2,1-3H3. The van der Waals surface area contributed by atoms with Crippen LogP contribution in [0.3, 0.4) is 0 Å². The molecule has 2 nitrogen and oxygen atoms in total. The molecule has 0 amide bonds. The van der Waals surface area contributed by atoms with Crippen LogP contribution in [0.2, 0.25) is 0 Å². The number of hydrogen-bond acceptors (Lipinski definition) is 2. The molecule has 1 saturated heterocycles. The monoisotopic (exact) mass is 157 g/mol. The molecule has 1 aliphatic heterocycles. The molecule has 1 fully saturated rings. The van der Waals surface area contributed by atoms with Gasteiger partial charge >= 0.3 is 0 Å². The summed E-state index contributed by atoms with van der Waals surface area (Å²) in [7, 11) is 3.96. The summed E-state index contributed by atoms with van der Waals surface area (Å²) in [5.74, 6) is 1.77. The third-order valence-electron chi connectivity index (χ3n) is 2.67. The molecule has 0 bridgehead atoms. The first-order valence-electron chi connectivity index (χ1n) is 4.41. The van der Waals surface area contributed by atoms with E-state index in [-0.39, 0.29) is 0 Å². The van der Waals surface area contributed by atoms with Gasteiger partial charge in [-0.2, -0.15) is 0 Å². The van der Waals surface area contributed by atoms with Gasteiger partial charge in [0, 0.05) is 26.8 Å². The zero-order valence-electron chi connectivity index (χ0n) is 7.84. The summed E-state index contributed by atoms with van der Waals surface area (Å²) in [5.41, 5.74) is 0. The number of ether oxygens (including phenoxy) is 1. The van der Waals surface area contributed by atoms with E-state index in [9.17, 15) is 0 Å². The van der Waals surface area contributed by atoms with Crippen molar-refractivity contribution >= 4 is 0 Å². The van der Waals surface area contributed by atoms with E-state index in [4.69, 9.17) is 4.74 Å². The quantitative estimate of drug-likeness (QED) is 0.608. The summed E-state index contributed by atoms with van der Waals surface area (Å²) in [6.07, 6.45) is 1.22. The fourth-order valence-electron chi connectivity index (χ4n) is 1.65. The van der Waals surface area contributed by atoms with Gasteiger partial charge in [0.1, 0.15) is 0 Å². The van der Waals surface area contributed by atoms with Crippen molar-refractivity contribution < 1.29 is 4.74 Å². The van der Waals surface area contributed by atoms with Crippen LogP contribution in [0.15, 0.2) is 0 Å². The van der Waals surface area contributed by atoms with Gasteiger partial charge in [-0.15, -0.1) is 0 Å². The number of likely N-dealkylation sites (tertiary alicyclic amines) is 1. The molecule has 1 aliphatic rings. The second kappa shape index (κ2) is 4.07. The van der Waals surface area contributed by atoms with E-state index in [1.165, 1.54) is 19.5 Å². The second-order valence-electron chi connectivity index (χ2n) is 3.74. The number of rotatable bonds is 4. The molecule has 0 aromatic carbocycles. The molecule has 1 rings (SSSR count). The second-order valence-corrected chi connectivity index (χ2v) is 3.74. The topological polar surface area (TPSA) is 12.5 Å². The lowest BCUT2D eigenvalue weighted by atomic mass is 9.86. The van der Waals surface area contributed by atoms with Crippen LogP contribution >= 0.6 is 0 Å². The SMILES string of the molecule is COCCC(C)C1CN(C)C1. The number of methoxy groups -OCH3 is 1. The molecule has 0 aliphatic carbocycles. The van der Waals surface area contributed by atoms with Crippen LogP contribution < -0.4 is 0 Å². The predicted octanol–water partition coefficient (Wildman–Crippen LogP) is 1.22. The summed E-state index contributed by atoms with van der Waals surface area (Å²) in [6.45, 7) is 5.81. The molecule has 1 unspecified atom stereocenters. The molecule has 2 heteroatoms. The Hall–Kier alpha value is -0.0800. The Kier molecular flexibility index (Phi) is 3.34. The van der Waals surface area contributed by atoms with E-state index in [2.05, 4.69) is 18.9 Å². The molecule has 1 atom stereocenters. The fraction of sp³-hybridized carbons (Fsp3) is 1.00. The van der Waals surface area contributed by atoms with Crippen LogP contribution in [0.25, 0.3) is 0 Å². The summed E-state index contributed by atoms with van der Waals surface area (Å²) in [5, 5.41) is 0. The van der Waals surface area contributed by atoms with E-state index < -0.39 is 0 Å². The van der Waals surface area contributed by atoms with E-state index in [1.807, 2.05) is 0 Å². The predicted molar refractivity (Wildman–Crippen MR) is 46.6 cm³/mol. The van der Waals surface area contributed by atoms with Crippen LogP contribution in [-0.2, 0) is 4.74 Å². The first kappa shape index (κ1) is 9.01. The van der Waals surface area contributed by atoms with Crippen molar-refractivity contribution in [2.75, 3.05) is 33.9 Å². The molecule has 0 aromatic rings. The van der Waals surface area contributed by atoms with Crippen molar-refractivity contribution in [2.24, 2.45) is 11.8 Å². The summed E-state index contributed by atoms with van der Waals surface area (Å²) < 4.78 is 5.04. The van der Waals surface area contributed by atoms with Gasteiger partial charge in [0.05, 0.1) is 0 Å². The zero-order valence-corrected chi connectivity index (χ0v) is 7.84. The molecule has 11 heavy (non-hydrogen) atoms. The maximum atomic E-state index is 5.04. The third kappa shape index (κ3) is 2.46. The Labute approximate surface area is 69.5 Å². The van der Waals surface area contributed by atoms with Gasteiger partial charge in [-0.3, -0.25) is 0 Å². The van der Waals surface area contributed by atoms with E-state index in [0.29, 0.717) is 0 Å². The minimum atomic E-state index is 0.839. The maximum Gasteiger partial charge on any atom is 0.0464 e. The van der Waals surface area contributed by atoms with Gasteiger partial charge in [-0.25, -0.2) is 0 Å². The lowest BCUT2D eigenvalue weighted by Crippen LogP contribution is -2.46. The van der Waals surface area contributed by atoms with Crippen molar-refractivity contribution in [3.05, 3.63) is 0 Å². The van der Waals surface area contributed by atoms with Crippen molar-refractivity contribution in [1.82, 2.24) is 4.90 Å². The summed E-state index contributed by atoms with van der Waals surface area (Å²) >= 11 is 0. The van der Waals surface area contributed by atoms with Crippen LogP contribution in [0, 0.1) is 11.8 Å². The normalized spacial score (nSPS) is 23.2. The Bertz CT molecular complexity index is 110. The van der Waals surface area contributed by atoms with Gasteiger partial charge in [0.25, 0.3) is 0 Å². The van der Waals surface area contributed by atoms with Gasteiger partial charge in [-0.1, -0.05) is 6.92 Å². The zero-order chi connectivity index (χ0) is 8.27. The first-order chi connectivity index (χ1) is 5.24. The lowest BCUT2D eigenvalue weighted by Gasteiger charge is -2.40. The van der Waals surface area contributed by atoms with E-state index >= 15 is 0 Å². The molecular formula is C9H19NO. The fourth-order valence-corrected chi connectivity index (χ4v) is 1.65. The maximum absolute atomic E-state index is 5.04. The van der Waals surface area contributed by atoms with Gasteiger partial charge in [0.15, 0.2) is 0 Å². The molecule has 0 radical (unpaired) electrons. The van der Waals surface area contributed by atoms with Crippen LogP contribution in [-0.4, -0.2) is 38.8 Å². The third-order valence-corrected chi connectivity index (χ3v) is 2.67. The molecule has 0 N–H and O–H groups in total. The van der Waals surface area contributed by atoms with Crippen LogP contribution in [0.4, 0.5) is 0 Å². The summed E-state index contributed by atoms with van der Waals surface area (Å²) in [4.78, 5) is 2.37. The van der Waals surface area contributed by atoms with Gasteiger partial charge < -0.3 is 9.64 Å². The minimum absolute atomic E-state index is 0.839. The Morgan fingerprint density at radius 1 is 1.55 bits per heavy atom. The Morgan fingerprint density at radius 3 is 2.64 bits per heavy atom. The lowest BCUT2D eigenvalue weighted by molar-refractivity contribution is 0.0707. The van der Waals surface area contributed by atoms with Crippen molar-refractivity contribution in [3.63, 3.8) is 0 Å². The molecular weight excluding hydrogens is 138 g/mol. The number of hydrogen-bond donors (Lipinski definition) is 0. The highest BCUT2D eigenvalue weighted by Crippen LogP contribution is 2.24. The smallest absolute Gasteiger partial charge is 0.0464 e. The van der Waals surface area contributed by atoms with E-state index in [1.54, 1.807) is 7.11 Å². The van der Waals surface area contributed by atoms with Crippen LogP contribution in [0.5, 0.6) is 0 Å². The highest BCUT2D eigenvalue weighted by molar-refractivity contribution is 4.80. The average molecular weight is 157 g/mol. The molecule has 0 spiro atoms. The highest BCUT2D eigenvalue weighted by atomic mass is 16.5. The Balaban J connectivity index is 2.06. The van der Waals surface area contributed by atoms with Crippen molar-refractivity contribution in [2.45, 2.75) is 13.3 Å². The van der Waals surface area contributed by atoms with Gasteiger partial charge in [-0.05, 0) is 25.3 Å². The molecule has 0 saturated carbocycles. The van der Waals surface area contributed by atoms with Gasteiger partial charge in [0.2, 0.25) is 0 Å². The number of nitrogens with zero attached hydrogens (tertiary/aromatic N) is 1.